The van der Waals surface area contributed by atoms with Crippen molar-refractivity contribution in [3.05, 3.63) is 66.1 Å². The van der Waals surface area contributed by atoms with Crippen LogP contribution < -0.4 is 4.74 Å². The highest BCUT2D eigenvalue weighted by Crippen LogP contribution is 2.24. The van der Waals surface area contributed by atoms with E-state index in [2.05, 4.69) is 16.0 Å². The van der Waals surface area contributed by atoms with Crippen LogP contribution in [0.1, 0.15) is 11.3 Å². The Morgan fingerprint density at radius 3 is 2.75 bits per heavy atom. The third-order valence-electron chi connectivity index (χ3n) is 3.89. The first kappa shape index (κ1) is 16.4. The van der Waals surface area contributed by atoms with Gasteiger partial charge in [0.15, 0.2) is 0 Å². The van der Waals surface area contributed by atoms with E-state index in [1.807, 2.05) is 42.6 Å². The minimum Gasteiger partial charge on any atom is -0.494 e. The van der Waals surface area contributed by atoms with Gasteiger partial charge in [-0.15, -0.1) is 0 Å². The molecule has 2 heterocycles. The average Bonchev–Trinajstić information content (AvgIpc) is 2.62. The summed E-state index contributed by atoms with van der Waals surface area (Å²) in [4.78, 5) is 11.0. The molecular formula is C19H21N3O2. The van der Waals surface area contributed by atoms with Crippen LogP contribution in [-0.2, 0) is 13.1 Å². The minimum atomic E-state index is 0.108. The number of methoxy groups -OCH3 is 1. The predicted octanol–water partition coefficient (Wildman–Crippen LogP) is 2.63. The van der Waals surface area contributed by atoms with Crippen molar-refractivity contribution in [3.63, 3.8) is 0 Å². The summed E-state index contributed by atoms with van der Waals surface area (Å²) in [5, 5.41) is 10.4. The van der Waals surface area contributed by atoms with E-state index in [0.717, 1.165) is 34.5 Å². The normalized spacial score (nSPS) is 11.1. The van der Waals surface area contributed by atoms with Crippen LogP contribution in [0, 0.1) is 0 Å². The van der Waals surface area contributed by atoms with E-state index in [1.54, 1.807) is 13.3 Å². The number of ether oxygens (including phenoxy) is 1. The Hall–Kier alpha value is -2.50. The molecule has 0 aliphatic carbocycles. The lowest BCUT2D eigenvalue weighted by molar-refractivity contribution is 0.183. The lowest BCUT2D eigenvalue weighted by atomic mass is 10.2. The standard InChI is InChI=1S/C19H21N3O2/c1-24-18-6-2-5-16-7-8-17(21-19(16)18)14-22(10-11-23)13-15-4-3-9-20-12-15/h2-9,12,23H,10-11,13-14H2,1H3. The van der Waals surface area contributed by atoms with E-state index in [9.17, 15) is 5.11 Å². The zero-order chi connectivity index (χ0) is 16.8. The zero-order valence-electron chi connectivity index (χ0n) is 13.7. The molecular weight excluding hydrogens is 302 g/mol. The van der Waals surface area contributed by atoms with Crippen molar-refractivity contribution >= 4 is 10.9 Å². The van der Waals surface area contributed by atoms with Crippen LogP contribution in [0.2, 0.25) is 0 Å². The number of hydrogen-bond acceptors (Lipinski definition) is 5. The van der Waals surface area contributed by atoms with Gasteiger partial charge in [0, 0.05) is 37.4 Å². The number of aliphatic hydroxyl groups is 1. The molecule has 0 spiro atoms. The van der Waals surface area contributed by atoms with Crippen molar-refractivity contribution in [2.75, 3.05) is 20.3 Å². The van der Waals surface area contributed by atoms with E-state index in [0.29, 0.717) is 13.1 Å². The van der Waals surface area contributed by atoms with Crippen LogP contribution in [-0.4, -0.2) is 40.2 Å². The summed E-state index contributed by atoms with van der Waals surface area (Å²) in [6.07, 6.45) is 3.61. The molecule has 3 aromatic rings. The van der Waals surface area contributed by atoms with E-state index in [1.165, 1.54) is 0 Å². The summed E-state index contributed by atoms with van der Waals surface area (Å²) in [6, 6.07) is 13.9. The number of nitrogens with zero attached hydrogens (tertiary/aromatic N) is 3. The largest absolute Gasteiger partial charge is 0.494 e. The number of aliphatic hydroxyl groups excluding tert-OH is 1. The molecule has 5 nitrogen and oxygen atoms in total. The maximum atomic E-state index is 9.35. The van der Waals surface area contributed by atoms with Crippen LogP contribution in [0.3, 0.4) is 0 Å². The molecule has 124 valence electrons. The van der Waals surface area contributed by atoms with Crippen molar-refractivity contribution in [2.24, 2.45) is 0 Å². The van der Waals surface area contributed by atoms with Crippen molar-refractivity contribution in [3.8, 4) is 5.75 Å². The monoisotopic (exact) mass is 323 g/mol. The molecule has 1 aromatic carbocycles. The Bertz CT molecular complexity index is 793. The van der Waals surface area contributed by atoms with E-state index in [-0.39, 0.29) is 6.61 Å². The lowest BCUT2D eigenvalue weighted by Crippen LogP contribution is -2.26. The summed E-state index contributed by atoms with van der Waals surface area (Å²) in [5.74, 6) is 0.773. The molecule has 0 atom stereocenters. The molecule has 0 aliphatic heterocycles. The van der Waals surface area contributed by atoms with Gasteiger partial charge in [0.05, 0.1) is 19.4 Å². The van der Waals surface area contributed by atoms with Crippen molar-refractivity contribution in [1.82, 2.24) is 14.9 Å². The van der Waals surface area contributed by atoms with Gasteiger partial charge in [0.1, 0.15) is 11.3 Å². The van der Waals surface area contributed by atoms with Crippen LogP contribution >= 0.6 is 0 Å². The highest BCUT2D eigenvalue weighted by Gasteiger charge is 2.10. The number of rotatable bonds is 7. The van der Waals surface area contributed by atoms with Crippen LogP contribution in [0.15, 0.2) is 54.9 Å². The van der Waals surface area contributed by atoms with E-state index >= 15 is 0 Å². The van der Waals surface area contributed by atoms with Gasteiger partial charge in [-0.1, -0.05) is 24.3 Å². The fourth-order valence-corrected chi connectivity index (χ4v) is 2.75. The summed E-state index contributed by atoms with van der Waals surface area (Å²) < 4.78 is 5.41. The van der Waals surface area contributed by atoms with Gasteiger partial charge in [-0.2, -0.15) is 0 Å². The SMILES string of the molecule is COc1cccc2ccc(CN(CCO)Cc3cccnc3)nc12. The summed E-state index contributed by atoms with van der Waals surface area (Å²) in [5.41, 5.74) is 2.93. The quantitative estimate of drug-likeness (QED) is 0.724. The molecule has 0 saturated heterocycles. The Labute approximate surface area is 141 Å². The Balaban J connectivity index is 1.82. The zero-order valence-corrected chi connectivity index (χ0v) is 13.7. The van der Waals surface area contributed by atoms with Gasteiger partial charge in [-0.05, 0) is 23.8 Å². The van der Waals surface area contributed by atoms with E-state index in [4.69, 9.17) is 9.72 Å². The number of benzene rings is 1. The first-order valence-corrected chi connectivity index (χ1v) is 7.95. The maximum Gasteiger partial charge on any atom is 0.145 e. The maximum absolute atomic E-state index is 9.35. The van der Waals surface area contributed by atoms with Crippen LogP contribution in [0.4, 0.5) is 0 Å². The summed E-state index contributed by atoms with van der Waals surface area (Å²) >= 11 is 0. The van der Waals surface area contributed by atoms with Crippen LogP contribution in [0.5, 0.6) is 5.75 Å². The fourth-order valence-electron chi connectivity index (χ4n) is 2.75. The Morgan fingerprint density at radius 2 is 2.00 bits per heavy atom. The number of hydrogen-bond donors (Lipinski definition) is 1. The highest BCUT2D eigenvalue weighted by atomic mass is 16.5. The van der Waals surface area contributed by atoms with Gasteiger partial charge >= 0.3 is 0 Å². The molecule has 0 unspecified atom stereocenters. The van der Waals surface area contributed by atoms with Gasteiger partial charge < -0.3 is 9.84 Å². The van der Waals surface area contributed by atoms with Crippen LogP contribution in [0.25, 0.3) is 10.9 Å². The van der Waals surface area contributed by atoms with E-state index < -0.39 is 0 Å². The minimum absolute atomic E-state index is 0.108. The summed E-state index contributed by atoms with van der Waals surface area (Å²) in [6.45, 7) is 2.07. The smallest absolute Gasteiger partial charge is 0.145 e. The third-order valence-corrected chi connectivity index (χ3v) is 3.89. The molecule has 24 heavy (non-hydrogen) atoms. The van der Waals surface area contributed by atoms with Crippen molar-refractivity contribution in [2.45, 2.75) is 13.1 Å². The molecule has 0 bridgehead atoms. The van der Waals surface area contributed by atoms with Gasteiger partial charge in [-0.25, -0.2) is 4.98 Å². The van der Waals surface area contributed by atoms with Gasteiger partial charge in [-0.3, -0.25) is 9.88 Å². The molecule has 0 saturated carbocycles. The topological polar surface area (TPSA) is 58.5 Å². The summed E-state index contributed by atoms with van der Waals surface area (Å²) in [7, 11) is 1.66. The molecule has 3 rings (SSSR count). The molecule has 0 fully saturated rings. The first-order valence-electron chi connectivity index (χ1n) is 7.95. The predicted molar refractivity (Wildman–Crippen MR) is 93.7 cm³/mol. The second kappa shape index (κ2) is 7.86. The second-order valence-electron chi connectivity index (χ2n) is 5.63. The fraction of sp³-hybridized carbons (Fsp3) is 0.263. The van der Waals surface area contributed by atoms with Gasteiger partial charge in [0.2, 0.25) is 0 Å². The number of para-hydroxylation sites is 1. The molecule has 0 aliphatic rings. The number of aromatic nitrogens is 2. The first-order chi connectivity index (χ1) is 11.8. The second-order valence-corrected chi connectivity index (χ2v) is 5.63. The lowest BCUT2D eigenvalue weighted by Gasteiger charge is -2.21. The molecule has 2 aromatic heterocycles. The average molecular weight is 323 g/mol. The molecule has 0 radical (unpaired) electrons. The molecule has 5 heteroatoms. The number of fused-ring (bicyclic) bond motifs is 1. The molecule has 1 N–H and O–H groups in total. The Kier molecular flexibility index (Phi) is 5.36. The molecule has 0 amide bonds. The third kappa shape index (κ3) is 3.88. The highest BCUT2D eigenvalue weighted by molar-refractivity contribution is 5.84. The van der Waals surface area contributed by atoms with Gasteiger partial charge in [0.25, 0.3) is 0 Å². The Morgan fingerprint density at radius 1 is 1.08 bits per heavy atom. The number of pyridine rings is 2. The van der Waals surface area contributed by atoms with Crippen molar-refractivity contribution in [1.29, 1.82) is 0 Å². The van der Waals surface area contributed by atoms with Crippen molar-refractivity contribution < 1.29 is 9.84 Å².